The minimum atomic E-state index is 0.577. The van der Waals surface area contributed by atoms with E-state index in [0.717, 1.165) is 17.7 Å². The highest BCUT2D eigenvalue weighted by Crippen LogP contribution is 2.17. The van der Waals surface area contributed by atoms with Crippen molar-refractivity contribution in [2.75, 3.05) is 19.8 Å². The van der Waals surface area contributed by atoms with Gasteiger partial charge in [-0.05, 0) is 24.6 Å². The molecule has 0 unspecified atom stereocenters. The number of nitriles is 1. The summed E-state index contributed by atoms with van der Waals surface area (Å²) in [7, 11) is 0. The van der Waals surface area contributed by atoms with Crippen LogP contribution in [0.1, 0.15) is 18.1 Å². The average molecular weight is 265 g/mol. The summed E-state index contributed by atoms with van der Waals surface area (Å²) < 4.78 is 5.36. The van der Waals surface area contributed by atoms with Crippen molar-refractivity contribution in [3.05, 3.63) is 46.5 Å². The maximum absolute atomic E-state index is 8.72. The Hall–Kier alpha value is -1.34. The van der Waals surface area contributed by atoms with Gasteiger partial charge in [0.1, 0.15) is 0 Å². The van der Waals surface area contributed by atoms with Crippen LogP contribution >= 0.6 is 11.6 Å². The summed E-state index contributed by atoms with van der Waals surface area (Å²) >= 11 is 6.06. The lowest BCUT2D eigenvalue weighted by Gasteiger charge is -2.07. The first-order chi connectivity index (χ1) is 8.63. The van der Waals surface area contributed by atoms with E-state index in [2.05, 4.69) is 18.0 Å². The van der Waals surface area contributed by atoms with Gasteiger partial charge in [0.25, 0.3) is 0 Å². The topological polar surface area (TPSA) is 45.0 Å². The fourth-order valence-corrected chi connectivity index (χ4v) is 1.62. The lowest BCUT2D eigenvalue weighted by Crippen LogP contribution is -2.19. The fourth-order valence-electron chi connectivity index (χ4n) is 1.37. The third-order valence-corrected chi connectivity index (χ3v) is 2.62. The minimum Gasteiger partial charge on any atom is -0.376 e. The Morgan fingerprint density at radius 1 is 1.56 bits per heavy atom. The summed E-state index contributed by atoms with van der Waals surface area (Å²) in [4.78, 5) is 0. The molecule has 0 amide bonds. The van der Waals surface area contributed by atoms with E-state index in [0.29, 0.717) is 30.3 Å². The lowest BCUT2D eigenvalue weighted by atomic mass is 10.1. The standard InChI is InChI=1S/C14H17ClN2O/c1-11(2)10-18-6-5-17-9-13-4-3-12(8-16)7-14(13)15/h3-4,7,17H,1,5-6,9-10H2,2H3. The maximum atomic E-state index is 8.72. The molecule has 0 radical (unpaired) electrons. The summed E-state index contributed by atoms with van der Waals surface area (Å²) in [6.45, 7) is 8.35. The van der Waals surface area contributed by atoms with Crippen LogP contribution in [0.5, 0.6) is 0 Å². The zero-order valence-electron chi connectivity index (χ0n) is 10.5. The number of hydrogen-bond donors (Lipinski definition) is 1. The minimum absolute atomic E-state index is 0.577. The second kappa shape index (κ2) is 7.88. The molecule has 1 N–H and O–H groups in total. The van der Waals surface area contributed by atoms with Crippen LogP contribution in [-0.2, 0) is 11.3 Å². The molecular weight excluding hydrogens is 248 g/mol. The Morgan fingerprint density at radius 2 is 2.33 bits per heavy atom. The molecule has 96 valence electrons. The molecule has 0 aromatic heterocycles. The number of hydrogen-bond acceptors (Lipinski definition) is 3. The Balaban J connectivity index is 2.27. The highest BCUT2D eigenvalue weighted by atomic mass is 35.5. The van der Waals surface area contributed by atoms with Gasteiger partial charge in [-0.25, -0.2) is 0 Å². The van der Waals surface area contributed by atoms with Gasteiger partial charge in [-0.1, -0.05) is 29.8 Å². The summed E-state index contributed by atoms with van der Waals surface area (Å²) in [5.41, 5.74) is 2.58. The van der Waals surface area contributed by atoms with Crippen LogP contribution in [0.25, 0.3) is 0 Å². The van der Waals surface area contributed by atoms with Crippen molar-refractivity contribution in [3.63, 3.8) is 0 Å². The third kappa shape index (κ3) is 5.33. The van der Waals surface area contributed by atoms with Crippen molar-refractivity contribution in [1.29, 1.82) is 5.26 Å². The SMILES string of the molecule is C=C(C)COCCNCc1ccc(C#N)cc1Cl. The second-order valence-corrected chi connectivity index (χ2v) is 4.51. The summed E-state index contributed by atoms with van der Waals surface area (Å²) in [6, 6.07) is 7.36. The van der Waals surface area contributed by atoms with Gasteiger partial charge >= 0.3 is 0 Å². The van der Waals surface area contributed by atoms with Gasteiger partial charge in [-0.15, -0.1) is 0 Å². The zero-order chi connectivity index (χ0) is 13.4. The molecule has 0 saturated carbocycles. The van der Waals surface area contributed by atoms with E-state index < -0.39 is 0 Å². The molecule has 4 heteroatoms. The molecule has 0 spiro atoms. The molecule has 0 fully saturated rings. The van der Waals surface area contributed by atoms with Crippen molar-refractivity contribution in [2.45, 2.75) is 13.5 Å². The lowest BCUT2D eigenvalue weighted by molar-refractivity contribution is 0.158. The van der Waals surface area contributed by atoms with Crippen LogP contribution in [0.3, 0.4) is 0 Å². The predicted octanol–water partition coefficient (Wildman–Crippen LogP) is 2.89. The van der Waals surface area contributed by atoms with E-state index in [9.17, 15) is 0 Å². The largest absolute Gasteiger partial charge is 0.376 e. The Labute approximate surface area is 113 Å². The second-order valence-electron chi connectivity index (χ2n) is 4.10. The number of rotatable bonds is 7. The van der Waals surface area contributed by atoms with E-state index in [-0.39, 0.29) is 0 Å². The van der Waals surface area contributed by atoms with Crippen molar-refractivity contribution in [2.24, 2.45) is 0 Å². The van der Waals surface area contributed by atoms with Crippen molar-refractivity contribution in [1.82, 2.24) is 5.32 Å². The number of ether oxygens (including phenoxy) is 1. The maximum Gasteiger partial charge on any atom is 0.0992 e. The Morgan fingerprint density at radius 3 is 2.94 bits per heavy atom. The molecule has 0 heterocycles. The third-order valence-electron chi connectivity index (χ3n) is 2.27. The number of benzene rings is 1. The molecule has 1 aromatic carbocycles. The first-order valence-corrected chi connectivity index (χ1v) is 6.12. The Kier molecular flexibility index (Phi) is 6.45. The Bertz CT molecular complexity index is 452. The summed E-state index contributed by atoms with van der Waals surface area (Å²) in [6.07, 6.45) is 0. The van der Waals surface area contributed by atoms with Gasteiger partial charge in [0.05, 0.1) is 24.8 Å². The zero-order valence-corrected chi connectivity index (χ0v) is 11.3. The number of nitrogens with one attached hydrogen (secondary N) is 1. The van der Waals surface area contributed by atoms with Crippen LogP contribution in [0.4, 0.5) is 0 Å². The quantitative estimate of drug-likeness (QED) is 0.608. The first-order valence-electron chi connectivity index (χ1n) is 5.75. The van der Waals surface area contributed by atoms with Gasteiger partial charge in [0.2, 0.25) is 0 Å². The summed E-state index contributed by atoms with van der Waals surface area (Å²) in [5, 5.41) is 12.6. The van der Waals surface area contributed by atoms with Gasteiger partial charge in [-0.3, -0.25) is 0 Å². The monoisotopic (exact) mass is 264 g/mol. The van der Waals surface area contributed by atoms with Crippen molar-refractivity contribution < 1.29 is 4.74 Å². The van der Waals surface area contributed by atoms with Crippen LogP contribution in [0.15, 0.2) is 30.4 Å². The average Bonchev–Trinajstić information content (AvgIpc) is 2.34. The highest BCUT2D eigenvalue weighted by Gasteiger charge is 2.01. The van der Waals surface area contributed by atoms with E-state index in [1.807, 2.05) is 13.0 Å². The van der Waals surface area contributed by atoms with E-state index in [4.69, 9.17) is 21.6 Å². The molecule has 1 rings (SSSR count). The van der Waals surface area contributed by atoms with E-state index in [1.165, 1.54) is 0 Å². The molecule has 0 aliphatic carbocycles. The van der Waals surface area contributed by atoms with Crippen LogP contribution < -0.4 is 5.32 Å². The normalized spacial score (nSPS) is 10.1. The van der Waals surface area contributed by atoms with E-state index in [1.54, 1.807) is 12.1 Å². The van der Waals surface area contributed by atoms with Gasteiger partial charge in [0.15, 0.2) is 0 Å². The molecule has 18 heavy (non-hydrogen) atoms. The van der Waals surface area contributed by atoms with Crippen LogP contribution in [-0.4, -0.2) is 19.8 Å². The molecule has 1 aromatic rings. The molecule has 0 aliphatic heterocycles. The molecular formula is C14H17ClN2O. The predicted molar refractivity (Wildman–Crippen MR) is 73.5 cm³/mol. The summed E-state index contributed by atoms with van der Waals surface area (Å²) in [5.74, 6) is 0. The highest BCUT2D eigenvalue weighted by molar-refractivity contribution is 6.31. The van der Waals surface area contributed by atoms with Crippen LogP contribution in [0.2, 0.25) is 5.02 Å². The molecule has 0 aliphatic rings. The van der Waals surface area contributed by atoms with Crippen LogP contribution in [0, 0.1) is 11.3 Å². The van der Waals surface area contributed by atoms with Gasteiger partial charge in [0, 0.05) is 18.1 Å². The van der Waals surface area contributed by atoms with Gasteiger partial charge < -0.3 is 10.1 Å². The first kappa shape index (κ1) is 14.7. The van der Waals surface area contributed by atoms with Crippen molar-refractivity contribution in [3.8, 4) is 6.07 Å². The number of halogens is 1. The molecule has 0 saturated heterocycles. The fraction of sp³-hybridized carbons (Fsp3) is 0.357. The number of nitrogens with zero attached hydrogens (tertiary/aromatic N) is 1. The molecule has 3 nitrogen and oxygen atoms in total. The molecule has 0 atom stereocenters. The molecule has 0 bridgehead atoms. The van der Waals surface area contributed by atoms with Crippen molar-refractivity contribution >= 4 is 11.6 Å². The smallest absolute Gasteiger partial charge is 0.0992 e. The van der Waals surface area contributed by atoms with E-state index >= 15 is 0 Å². The van der Waals surface area contributed by atoms with Gasteiger partial charge in [-0.2, -0.15) is 5.26 Å².